The average Bonchev–Trinajstić information content (AvgIpc) is 2.64. The highest BCUT2D eigenvalue weighted by atomic mass is 16.6. The Morgan fingerprint density at radius 1 is 1.37 bits per heavy atom. The highest BCUT2D eigenvalue weighted by Gasteiger charge is 2.18. The van der Waals surface area contributed by atoms with Crippen LogP contribution in [0.25, 0.3) is 0 Å². The zero-order valence-corrected chi connectivity index (χ0v) is 10.8. The Balaban J connectivity index is 2.55. The van der Waals surface area contributed by atoms with Gasteiger partial charge in [-0.25, -0.2) is 0 Å². The summed E-state index contributed by atoms with van der Waals surface area (Å²) in [7, 11) is 0. The summed E-state index contributed by atoms with van der Waals surface area (Å²) in [4.78, 5) is 22.2. The predicted molar refractivity (Wildman–Crippen MR) is 67.2 cm³/mol. The Morgan fingerprint density at radius 3 is 2.58 bits per heavy atom. The van der Waals surface area contributed by atoms with Gasteiger partial charge in [0.15, 0.2) is 0 Å². The molecule has 0 aromatic carbocycles. The smallest absolute Gasteiger partial charge is 0.334 e. The van der Waals surface area contributed by atoms with Crippen molar-refractivity contribution in [3.63, 3.8) is 0 Å². The van der Waals surface area contributed by atoms with Gasteiger partial charge in [-0.3, -0.25) is 14.9 Å². The average molecular weight is 263 g/mol. The maximum Gasteiger partial charge on any atom is 0.334 e. The Morgan fingerprint density at radius 2 is 2.05 bits per heavy atom. The van der Waals surface area contributed by atoms with E-state index < -0.39 is 16.2 Å². The molecule has 0 aliphatic heterocycles. The van der Waals surface area contributed by atoms with Crippen molar-refractivity contribution in [3.8, 4) is 0 Å². The van der Waals surface area contributed by atoms with Crippen molar-refractivity contribution in [3.05, 3.63) is 55.3 Å². The number of nitrogens with zero attached hydrogens (tertiary/aromatic N) is 3. The van der Waals surface area contributed by atoms with Crippen LogP contribution in [0, 0.1) is 30.9 Å². The fourth-order valence-electron chi connectivity index (χ4n) is 1.88. The lowest BCUT2D eigenvalue weighted by Gasteiger charge is -2.08. The van der Waals surface area contributed by atoms with Gasteiger partial charge in [0.05, 0.1) is 17.2 Å². The maximum absolute atomic E-state index is 12.1. The van der Waals surface area contributed by atoms with Crippen LogP contribution in [0.2, 0.25) is 0 Å². The van der Waals surface area contributed by atoms with Crippen molar-refractivity contribution in [1.82, 2.24) is 9.72 Å². The third-order valence-corrected chi connectivity index (χ3v) is 3.07. The second-order valence-electron chi connectivity index (χ2n) is 4.31. The second-order valence-corrected chi connectivity index (χ2v) is 4.31. The minimum atomic E-state index is -0.675. The van der Waals surface area contributed by atoms with E-state index in [1.54, 1.807) is 26.8 Å². The maximum atomic E-state index is 12.1. The van der Waals surface area contributed by atoms with Gasteiger partial charge in [-0.2, -0.15) is 0 Å². The van der Waals surface area contributed by atoms with Gasteiger partial charge in [0, 0.05) is 17.3 Å². The van der Waals surface area contributed by atoms with Crippen molar-refractivity contribution in [2.75, 3.05) is 0 Å². The topological polar surface area (TPSA) is 91.2 Å². The lowest BCUT2D eigenvalue weighted by atomic mass is 10.2. The van der Waals surface area contributed by atoms with E-state index in [0.29, 0.717) is 17.1 Å². The zero-order chi connectivity index (χ0) is 14.2. The number of hydrogen-bond acceptors (Lipinski definition) is 5. The molecule has 0 saturated carbocycles. The van der Waals surface area contributed by atoms with Gasteiger partial charge < -0.3 is 9.09 Å². The summed E-state index contributed by atoms with van der Waals surface area (Å²) < 4.78 is 6.38. The summed E-state index contributed by atoms with van der Waals surface area (Å²) in [6, 6.07) is 2.78. The minimum absolute atomic E-state index is 0.216. The van der Waals surface area contributed by atoms with Crippen LogP contribution in [0.15, 0.2) is 21.5 Å². The van der Waals surface area contributed by atoms with Gasteiger partial charge in [0.25, 0.3) is 0 Å². The van der Waals surface area contributed by atoms with E-state index in [2.05, 4.69) is 5.16 Å². The number of rotatable bonds is 3. The highest BCUT2D eigenvalue weighted by molar-refractivity contribution is 5.30. The van der Waals surface area contributed by atoms with Crippen molar-refractivity contribution in [1.29, 1.82) is 0 Å². The molecule has 7 nitrogen and oxygen atoms in total. The number of aromatic nitrogens is 2. The summed E-state index contributed by atoms with van der Waals surface area (Å²) >= 11 is 0. The molecule has 0 radical (unpaired) electrons. The number of hydrogen-bond donors (Lipinski definition) is 0. The molecule has 0 unspecified atom stereocenters. The first kappa shape index (κ1) is 13.0. The molecule has 0 atom stereocenters. The van der Waals surface area contributed by atoms with E-state index in [9.17, 15) is 14.9 Å². The SMILES string of the molecule is Cc1noc(C)c1Cn1c(C)ccc([N+](=O)[O-])c1=O. The van der Waals surface area contributed by atoms with Crippen LogP contribution in [-0.2, 0) is 6.54 Å². The number of nitro groups is 1. The largest absolute Gasteiger partial charge is 0.361 e. The van der Waals surface area contributed by atoms with Crippen molar-refractivity contribution in [2.45, 2.75) is 27.3 Å². The molecule has 0 amide bonds. The van der Waals surface area contributed by atoms with Gasteiger partial charge in [0.1, 0.15) is 5.76 Å². The Kier molecular flexibility index (Phi) is 3.20. The van der Waals surface area contributed by atoms with Crippen LogP contribution >= 0.6 is 0 Å². The van der Waals surface area contributed by atoms with E-state index in [0.717, 1.165) is 5.56 Å². The van der Waals surface area contributed by atoms with Gasteiger partial charge in [-0.1, -0.05) is 5.16 Å². The highest BCUT2D eigenvalue weighted by Crippen LogP contribution is 2.15. The lowest BCUT2D eigenvalue weighted by molar-refractivity contribution is -0.386. The molecule has 0 aliphatic carbocycles. The molecule has 100 valence electrons. The Bertz CT molecular complexity index is 680. The fourth-order valence-corrected chi connectivity index (χ4v) is 1.88. The van der Waals surface area contributed by atoms with Crippen LogP contribution in [0.3, 0.4) is 0 Å². The number of pyridine rings is 1. The van der Waals surface area contributed by atoms with Crippen molar-refractivity contribution >= 4 is 5.69 Å². The van der Waals surface area contributed by atoms with Crippen LogP contribution in [0.5, 0.6) is 0 Å². The van der Waals surface area contributed by atoms with Crippen LogP contribution < -0.4 is 5.56 Å². The molecule has 0 bridgehead atoms. The first-order valence-corrected chi connectivity index (χ1v) is 5.68. The monoisotopic (exact) mass is 263 g/mol. The quantitative estimate of drug-likeness (QED) is 0.621. The first-order chi connectivity index (χ1) is 8.91. The van der Waals surface area contributed by atoms with Gasteiger partial charge >= 0.3 is 11.2 Å². The molecule has 2 rings (SSSR count). The molecule has 0 saturated heterocycles. The van der Waals surface area contributed by atoms with E-state index in [1.165, 1.54) is 10.6 Å². The molecular weight excluding hydrogens is 250 g/mol. The normalized spacial score (nSPS) is 10.7. The summed E-state index contributed by atoms with van der Waals surface area (Å²) in [5.41, 5.74) is 1.04. The van der Waals surface area contributed by atoms with E-state index in [-0.39, 0.29) is 6.54 Å². The van der Waals surface area contributed by atoms with Crippen LogP contribution in [0.4, 0.5) is 5.69 Å². The molecule has 0 N–H and O–H groups in total. The van der Waals surface area contributed by atoms with Crippen molar-refractivity contribution < 1.29 is 9.45 Å². The predicted octanol–water partition coefficient (Wildman–Crippen LogP) is 1.72. The summed E-state index contributed by atoms with van der Waals surface area (Å²) in [5, 5.41) is 14.6. The van der Waals surface area contributed by atoms with E-state index >= 15 is 0 Å². The first-order valence-electron chi connectivity index (χ1n) is 5.68. The standard InChI is InChI=1S/C12H13N3O4/c1-7-4-5-11(15(17)18)12(16)14(7)6-10-8(2)13-19-9(10)3/h4-5H,6H2,1-3H3. The van der Waals surface area contributed by atoms with Gasteiger partial charge in [0.2, 0.25) is 0 Å². The van der Waals surface area contributed by atoms with E-state index in [1.807, 2.05) is 0 Å². The fraction of sp³-hybridized carbons (Fsp3) is 0.333. The van der Waals surface area contributed by atoms with Crippen LogP contribution in [-0.4, -0.2) is 14.6 Å². The second kappa shape index (κ2) is 4.68. The minimum Gasteiger partial charge on any atom is -0.361 e. The summed E-state index contributed by atoms with van der Waals surface area (Å²) in [5.74, 6) is 0.607. The third-order valence-electron chi connectivity index (χ3n) is 3.07. The molecule has 0 fully saturated rings. The summed E-state index contributed by atoms with van der Waals surface area (Å²) in [6.07, 6.45) is 0. The van der Waals surface area contributed by atoms with Gasteiger partial charge in [-0.05, 0) is 26.8 Å². The zero-order valence-electron chi connectivity index (χ0n) is 10.8. The lowest BCUT2D eigenvalue weighted by Crippen LogP contribution is -2.25. The molecule has 2 aromatic heterocycles. The Labute approximate surface area is 108 Å². The molecule has 19 heavy (non-hydrogen) atoms. The third kappa shape index (κ3) is 2.26. The molecule has 0 spiro atoms. The molecule has 7 heteroatoms. The Hall–Kier alpha value is -2.44. The van der Waals surface area contributed by atoms with E-state index in [4.69, 9.17) is 4.52 Å². The number of aryl methyl sites for hydroxylation is 3. The molecular formula is C12H13N3O4. The van der Waals surface area contributed by atoms with Crippen molar-refractivity contribution in [2.24, 2.45) is 0 Å². The molecule has 0 aliphatic rings. The molecule has 2 aromatic rings. The van der Waals surface area contributed by atoms with Gasteiger partial charge in [-0.15, -0.1) is 0 Å². The summed E-state index contributed by atoms with van der Waals surface area (Å²) in [6.45, 7) is 5.45. The molecule has 2 heterocycles. The van der Waals surface area contributed by atoms with Crippen LogP contribution in [0.1, 0.15) is 22.7 Å².